The number of hydrogen-bond donors (Lipinski definition) is 0. The first kappa shape index (κ1) is 51.8. The van der Waals surface area contributed by atoms with E-state index in [-0.39, 0.29) is 0 Å². The van der Waals surface area contributed by atoms with Gasteiger partial charge in [0.15, 0.2) is 0 Å². The molecule has 3 heterocycles. The molecule has 0 aliphatic carbocycles. The summed E-state index contributed by atoms with van der Waals surface area (Å²) in [6, 6.07) is 84.8. The molecule has 11 heteroatoms. The first-order valence-electron chi connectivity index (χ1n) is 27.7. The van der Waals surface area contributed by atoms with Crippen LogP contribution in [0.3, 0.4) is 0 Å². The van der Waals surface area contributed by atoms with Gasteiger partial charge in [-0.05, 0) is 0 Å². The predicted molar refractivity (Wildman–Crippen MR) is 343 cm³/mol. The van der Waals surface area contributed by atoms with E-state index >= 15 is 0 Å². The van der Waals surface area contributed by atoms with Crippen LogP contribution in [0.5, 0.6) is 34.5 Å². The van der Waals surface area contributed by atoms with Crippen LogP contribution in [-0.4, -0.2) is 69.6 Å². The van der Waals surface area contributed by atoms with Gasteiger partial charge in [-0.2, -0.15) is 0 Å². The number of aromatic nitrogens is 3. The Hall–Kier alpha value is -10.3. The molecule has 14 aromatic rings. The quantitative estimate of drug-likeness (QED) is 0.100. The summed E-state index contributed by atoms with van der Waals surface area (Å²) in [6.07, 6.45) is 0. The van der Waals surface area contributed by atoms with Gasteiger partial charge in [0, 0.05) is 0 Å². The van der Waals surface area contributed by atoms with Gasteiger partial charge in [-0.15, -0.1) is 0 Å². The molecule has 0 N–H and O–H groups in total. The van der Waals surface area contributed by atoms with Crippen LogP contribution >= 0.6 is 0 Å². The van der Waals surface area contributed by atoms with Crippen LogP contribution in [-0.2, 0) is 0 Å². The van der Waals surface area contributed by atoms with E-state index in [2.05, 4.69) is 214 Å². The molecule has 408 valence electrons. The Bertz CT molecular complexity index is 4550. The summed E-state index contributed by atoms with van der Waals surface area (Å²) in [5, 5.41) is 15.8. The predicted octanol–water partition coefficient (Wildman–Crippen LogP) is 13.9. The second kappa shape index (κ2) is 20.9. The monoisotopic (exact) mass is 1160 g/mol. The third-order valence-corrected chi connectivity index (χ3v) is 26.8. The average molecular weight is 1160 g/mol. The molecule has 0 fully saturated rings. The fourth-order valence-electron chi connectivity index (χ4n) is 12.9. The van der Waals surface area contributed by atoms with E-state index in [0.29, 0.717) is 5.56 Å². The van der Waals surface area contributed by atoms with Crippen molar-refractivity contribution in [2.45, 2.75) is 0 Å². The first-order valence-corrected chi connectivity index (χ1v) is 31.9. The Morgan fingerprint density at radius 3 is 0.881 bits per heavy atom. The first-order chi connectivity index (χ1) is 41.3. The number of rotatable bonds is 14. The van der Waals surface area contributed by atoms with E-state index in [4.69, 9.17) is 28.4 Å². The molecule has 0 spiro atoms. The number of nitriles is 1. The molecular formula is C73H56GeN4O6. The summed E-state index contributed by atoms with van der Waals surface area (Å²) in [4.78, 5) is 0. The van der Waals surface area contributed by atoms with Crippen LogP contribution in [0.15, 0.2) is 231 Å². The van der Waals surface area contributed by atoms with Crippen LogP contribution < -0.4 is 46.0 Å². The second-order valence-corrected chi connectivity index (χ2v) is 28.9. The van der Waals surface area contributed by atoms with Crippen LogP contribution in [0.4, 0.5) is 0 Å². The summed E-state index contributed by atoms with van der Waals surface area (Å²) in [7, 11) is 10.3. The SMILES string of the molecule is COc1ccc2c(c1)c1cc(OC)ccc1n2-c1c[c]([Ge]([c]2ccccc2)([c]2ccccc2)[c]2ccc(-c3ccc(C#N)cc3)cc2)cc(-n2c3ccc(OC)cc3c3cc(OC)ccc32)c1-n1c2ccc(OC)cc2c2cc(OC)ccc21. The Morgan fingerprint density at radius 2 is 0.583 bits per heavy atom. The maximum atomic E-state index is 9.73. The third kappa shape index (κ3) is 8.14. The van der Waals surface area contributed by atoms with Gasteiger partial charge in [0.2, 0.25) is 0 Å². The summed E-state index contributed by atoms with van der Waals surface area (Å²) < 4.78 is 48.3. The van der Waals surface area contributed by atoms with Gasteiger partial charge in [-0.1, -0.05) is 0 Å². The molecule has 0 unspecified atom stereocenters. The number of fused-ring (bicyclic) bond motifs is 9. The van der Waals surface area contributed by atoms with E-state index in [9.17, 15) is 5.26 Å². The van der Waals surface area contributed by atoms with E-state index in [0.717, 1.165) is 128 Å². The molecule has 0 amide bonds. The Kier molecular flexibility index (Phi) is 12.9. The van der Waals surface area contributed by atoms with Crippen molar-refractivity contribution >= 4 is 96.3 Å². The summed E-state index contributed by atoms with van der Waals surface area (Å²) in [5.41, 5.74) is 11.4. The van der Waals surface area contributed by atoms with Gasteiger partial charge in [0.25, 0.3) is 0 Å². The molecular weight excluding hydrogens is 1100 g/mol. The van der Waals surface area contributed by atoms with E-state index in [1.807, 2.05) is 36.4 Å². The van der Waals surface area contributed by atoms with Gasteiger partial charge >= 0.3 is 491 Å². The minimum absolute atomic E-state index is 0.621. The summed E-state index contributed by atoms with van der Waals surface area (Å²) in [6.45, 7) is 0. The molecule has 0 radical (unpaired) electrons. The van der Waals surface area contributed by atoms with Gasteiger partial charge in [-0.25, -0.2) is 0 Å². The van der Waals surface area contributed by atoms with Crippen molar-refractivity contribution in [1.29, 1.82) is 5.26 Å². The van der Waals surface area contributed by atoms with Crippen molar-refractivity contribution in [2.75, 3.05) is 42.7 Å². The average Bonchev–Trinajstić information content (AvgIpc) is 4.31. The fourth-order valence-corrected chi connectivity index (χ4v) is 22.9. The standard InChI is InChI=1S/C73H56GeN4O6/c1-79-53-25-31-65-59(39-53)60-40-54(80-2)26-32-66(60)76(65)71-37-52(74(49-13-9-7-10-14-49,50-15-11-8-12-16-50)51-23-21-48(22-24-51)47-19-17-46(45-75)18-20-47)38-72(77-67-33-27-55(81-3)41-61(67)62-42-56(82-4)28-34-68(62)77)73(71)78-69-35-29-57(83-5)43-63(69)64-44-58(84-6)30-36-70(64)78/h7-44H,1-6H3. The summed E-state index contributed by atoms with van der Waals surface area (Å²) >= 11 is -4.36. The number of hydrogen-bond acceptors (Lipinski definition) is 7. The molecule has 0 bridgehead atoms. The maximum absolute atomic E-state index is 9.73. The van der Waals surface area contributed by atoms with Crippen LogP contribution in [0.2, 0.25) is 0 Å². The zero-order chi connectivity index (χ0) is 57.2. The minimum atomic E-state index is -4.36. The van der Waals surface area contributed by atoms with Crippen LogP contribution in [0.25, 0.3) is 93.6 Å². The van der Waals surface area contributed by atoms with Crippen molar-refractivity contribution in [3.05, 3.63) is 236 Å². The second-order valence-electron chi connectivity index (χ2n) is 20.9. The van der Waals surface area contributed by atoms with Crippen molar-refractivity contribution in [3.8, 4) is 68.8 Å². The summed E-state index contributed by atoms with van der Waals surface area (Å²) in [5.74, 6) is 4.45. The van der Waals surface area contributed by atoms with E-state index in [1.54, 1.807) is 42.7 Å². The Morgan fingerprint density at radius 1 is 0.298 bits per heavy atom. The van der Waals surface area contributed by atoms with Crippen LogP contribution in [0.1, 0.15) is 5.56 Å². The molecule has 84 heavy (non-hydrogen) atoms. The number of nitrogens with zero attached hydrogens (tertiary/aromatic N) is 4. The normalized spacial score (nSPS) is 11.7. The number of ether oxygens (including phenoxy) is 6. The fraction of sp³-hybridized carbons (Fsp3) is 0.0822. The number of benzene rings is 11. The van der Waals surface area contributed by atoms with Gasteiger partial charge in [0.1, 0.15) is 0 Å². The van der Waals surface area contributed by atoms with Crippen molar-refractivity contribution in [2.24, 2.45) is 0 Å². The molecule has 11 aromatic carbocycles. The molecule has 3 aromatic heterocycles. The van der Waals surface area contributed by atoms with Crippen molar-refractivity contribution in [1.82, 2.24) is 13.7 Å². The van der Waals surface area contributed by atoms with Gasteiger partial charge in [-0.3, -0.25) is 0 Å². The zero-order valence-corrected chi connectivity index (χ0v) is 49.3. The molecule has 0 aliphatic heterocycles. The van der Waals surface area contributed by atoms with E-state index in [1.165, 1.54) is 17.6 Å². The molecule has 0 atom stereocenters. The Balaban J connectivity index is 1.25. The molecule has 0 saturated heterocycles. The molecule has 0 saturated carbocycles. The molecule has 14 rings (SSSR count). The topological polar surface area (TPSA) is 94.0 Å². The van der Waals surface area contributed by atoms with Crippen LogP contribution in [0, 0.1) is 11.3 Å². The van der Waals surface area contributed by atoms with Crippen molar-refractivity contribution in [3.63, 3.8) is 0 Å². The van der Waals surface area contributed by atoms with Gasteiger partial charge < -0.3 is 0 Å². The van der Waals surface area contributed by atoms with Crippen molar-refractivity contribution < 1.29 is 28.4 Å². The van der Waals surface area contributed by atoms with Gasteiger partial charge in [0.05, 0.1) is 0 Å². The zero-order valence-electron chi connectivity index (χ0n) is 47.2. The third-order valence-electron chi connectivity index (χ3n) is 16.8. The number of methoxy groups -OCH3 is 6. The molecule has 10 nitrogen and oxygen atoms in total. The Labute approximate surface area is 488 Å². The van der Waals surface area contributed by atoms with E-state index < -0.39 is 13.3 Å². The molecule has 0 aliphatic rings.